The molecule has 0 spiro atoms. The highest BCUT2D eigenvalue weighted by atomic mass is 19.1. The van der Waals surface area contributed by atoms with E-state index in [9.17, 15) is 14.0 Å². The van der Waals surface area contributed by atoms with Crippen LogP contribution in [0.4, 0.5) is 9.18 Å². The molecule has 23 heavy (non-hydrogen) atoms. The third-order valence-corrected chi connectivity index (χ3v) is 3.81. The van der Waals surface area contributed by atoms with E-state index in [1.54, 1.807) is 12.1 Å². The quantitative estimate of drug-likeness (QED) is 0.705. The van der Waals surface area contributed by atoms with Gasteiger partial charge in [-0.1, -0.05) is 18.2 Å². The Morgan fingerprint density at radius 1 is 1.26 bits per heavy atom. The minimum Gasteiger partial charge on any atom is -0.481 e. The van der Waals surface area contributed by atoms with Gasteiger partial charge >= 0.3 is 12.0 Å². The van der Waals surface area contributed by atoms with Crippen LogP contribution in [0.5, 0.6) is 0 Å². The first-order chi connectivity index (χ1) is 11.0. The fourth-order valence-electron chi connectivity index (χ4n) is 2.57. The van der Waals surface area contributed by atoms with E-state index in [0.29, 0.717) is 13.0 Å². The Balaban J connectivity index is 1.74. The number of hydrogen-bond acceptors (Lipinski definition) is 2. The number of carboxylic acids is 1. The molecule has 1 atom stereocenters. The number of rotatable bonds is 6. The minimum atomic E-state index is -0.863. The summed E-state index contributed by atoms with van der Waals surface area (Å²) in [5.74, 6) is -1.11. The molecule has 0 saturated heterocycles. The highest BCUT2D eigenvalue weighted by Gasteiger charge is 2.17. The van der Waals surface area contributed by atoms with Crippen LogP contribution in [0, 0.1) is 5.82 Å². The van der Waals surface area contributed by atoms with Gasteiger partial charge in [-0.3, -0.25) is 4.79 Å². The number of carbonyl (C=O) groups excluding carboxylic acids is 1. The third-order valence-electron chi connectivity index (χ3n) is 3.81. The predicted molar refractivity (Wildman–Crippen MR) is 85.4 cm³/mol. The zero-order chi connectivity index (χ0) is 16.7. The minimum absolute atomic E-state index is 0.0491. The molecule has 0 aliphatic heterocycles. The van der Waals surface area contributed by atoms with E-state index in [4.69, 9.17) is 5.11 Å². The molecule has 3 N–H and O–H groups in total. The number of aliphatic carboxylic acids is 1. The van der Waals surface area contributed by atoms with Crippen molar-refractivity contribution in [3.8, 4) is 0 Å². The topological polar surface area (TPSA) is 78.4 Å². The van der Waals surface area contributed by atoms with Crippen LogP contribution in [-0.2, 0) is 4.79 Å². The molecule has 2 amide bonds. The van der Waals surface area contributed by atoms with Gasteiger partial charge in [0.25, 0.3) is 0 Å². The molecule has 5 nitrogen and oxygen atoms in total. The van der Waals surface area contributed by atoms with Gasteiger partial charge in [-0.2, -0.15) is 0 Å². The van der Waals surface area contributed by atoms with Crippen LogP contribution in [0.3, 0.4) is 0 Å². The van der Waals surface area contributed by atoms with Gasteiger partial charge in [-0.25, -0.2) is 9.18 Å². The maximum Gasteiger partial charge on any atom is 0.315 e. The van der Waals surface area contributed by atoms with Crippen molar-refractivity contribution < 1.29 is 19.1 Å². The summed E-state index contributed by atoms with van der Waals surface area (Å²) in [5, 5.41) is 14.1. The van der Waals surface area contributed by atoms with E-state index in [1.807, 2.05) is 0 Å². The van der Waals surface area contributed by atoms with Crippen molar-refractivity contribution in [3.05, 3.63) is 41.7 Å². The van der Waals surface area contributed by atoms with Gasteiger partial charge < -0.3 is 15.7 Å². The second-order valence-corrected chi connectivity index (χ2v) is 5.61. The molecular weight excluding hydrogens is 299 g/mol. The van der Waals surface area contributed by atoms with Gasteiger partial charge in [0.05, 0.1) is 0 Å². The molecule has 0 fully saturated rings. The summed E-state index contributed by atoms with van der Waals surface area (Å²) in [6, 6.07) is 6.24. The first kappa shape index (κ1) is 17.0. The van der Waals surface area contributed by atoms with Crippen molar-refractivity contribution in [2.75, 3.05) is 6.54 Å². The van der Waals surface area contributed by atoms with Gasteiger partial charge in [-0.15, -0.1) is 0 Å². The SMILES string of the molecule is O=C(O)CCCNC(=O)NC1CC=C(c2ccc(F)cc2)CC1. The second-order valence-electron chi connectivity index (χ2n) is 5.61. The van der Waals surface area contributed by atoms with Crippen molar-refractivity contribution in [3.63, 3.8) is 0 Å². The molecule has 1 aliphatic rings. The molecule has 6 heteroatoms. The van der Waals surface area contributed by atoms with Gasteiger partial charge in [-0.05, 0) is 49.0 Å². The van der Waals surface area contributed by atoms with Gasteiger partial charge in [0.15, 0.2) is 0 Å². The lowest BCUT2D eigenvalue weighted by Gasteiger charge is -2.23. The zero-order valence-electron chi connectivity index (χ0n) is 12.8. The molecule has 0 aromatic heterocycles. The Kier molecular flexibility index (Phi) is 6.14. The summed E-state index contributed by atoms with van der Waals surface area (Å²) in [6.45, 7) is 0.349. The smallest absolute Gasteiger partial charge is 0.315 e. The van der Waals surface area contributed by atoms with Crippen molar-refractivity contribution in [1.82, 2.24) is 10.6 Å². The lowest BCUT2D eigenvalue weighted by atomic mass is 9.91. The maximum absolute atomic E-state index is 12.9. The second kappa shape index (κ2) is 8.31. The summed E-state index contributed by atoms with van der Waals surface area (Å²) in [6.07, 6.45) is 4.93. The van der Waals surface area contributed by atoms with Crippen molar-refractivity contribution >= 4 is 17.6 Å². The van der Waals surface area contributed by atoms with Crippen LogP contribution < -0.4 is 10.6 Å². The summed E-state index contributed by atoms with van der Waals surface area (Å²) < 4.78 is 12.9. The van der Waals surface area contributed by atoms with Crippen LogP contribution in [-0.4, -0.2) is 29.7 Å². The third kappa shape index (κ3) is 5.73. The number of carboxylic acid groups (broad SMARTS) is 1. The highest BCUT2D eigenvalue weighted by Crippen LogP contribution is 2.27. The molecule has 1 aliphatic carbocycles. The average Bonchev–Trinajstić information content (AvgIpc) is 2.53. The van der Waals surface area contributed by atoms with Crippen LogP contribution >= 0.6 is 0 Å². The Hall–Kier alpha value is -2.37. The molecule has 1 aromatic carbocycles. The molecule has 1 unspecified atom stereocenters. The number of nitrogens with one attached hydrogen (secondary N) is 2. The number of amides is 2. The number of urea groups is 1. The normalized spacial score (nSPS) is 17.3. The molecule has 0 saturated carbocycles. The van der Waals surface area contributed by atoms with Crippen molar-refractivity contribution in [2.45, 2.75) is 38.1 Å². The van der Waals surface area contributed by atoms with Gasteiger partial charge in [0, 0.05) is 19.0 Å². The lowest BCUT2D eigenvalue weighted by molar-refractivity contribution is -0.137. The van der Waals surface area contributed by atoms with Gasteiger partial charge in [0.1, 0.15) is 5.82 Å². The molecule has 1 aromatic rings. The standard InChI is InChI=1S/C17H21FN2O3/c18-14-7-3-12(4-8-14)13-5-9-15(10-6-13)20-17(23)19-11-1-2-16(21)22/h3-5,7-8,15H,1-2,6,9-11H2,(H,21,22)(H2,19,20,23). The first-order valence-corrected chi connectivity index (χ1v) is 7.75. The highest BCUT2D eigenvalue weighted by molar-refractivity contribution is 5.75. The van der Waals surface area contributed by atoms with E-state index in [0.717, 1.165) is 24.8 Å². The molecular formula is C17H21FN2O3. The fraction of sp³-hybridized carbons (Fsp3) is 0.412. The molecule has 0 heterocycles. The molecule has 0 radical (unpaired) electrons. The number of halogens is 1. The fourth-order valence-corrected chi connectivity index (χ4v) is 2.57. The number of carbonyl (C=O) groups is 2. The van der Waals surface area contributed by atoms with E-state index >= 15 is 0 Å². The monoisotopic (exact) mass is 320 g/mol. The van der Waals surface area contributed by atoms with Crippen molar-refractivity contribution in [1.29, 1.82) is 0 Å². The molecule has 0 bridgehead atoms. The van der Waals surface area contributed by atoms with E-state index in [1.165, 1.54) is 17.7 Å². The summed E-state index contributed by atoms with van der Waals surface area (Å²) >= 11 is 0. The summed E-state index contributed by atoms with van der Waals surface area (Å²) in [4.78, 5) is 22.1. The van der Waals surface area contributed by atoms with Crippen LogP contribution in [0.25, 0.3) is 5.57 Å². The molecule has 2 rings (SSSR count). The predicted octanol–water partition coefficient (Wildman–Crippen LogP) is 2.93. The number of hydrogen-bond donors (Lipinski definition) is 3. The first-order valence-electron chi connectivity index (χ1n) is 7.75. The summed E-state index contributed by atoms with van der Waals surface area (Å²) in [7, 11) is 0. The lowest BCUT2D eigenvalue weighted by Crippen LogP contribution is -2.42. The van der Waals surface area contributed by atoms with Gasteiger partial charge in [0.2, 0.25) is 0 Å². The molecule has 124 valence electrons. The van der Waals surface area contributed by atoms with Crippen LogP contribution in [0.2, 0.25) is 0 Å². The van der Waals surface area contributed by atoms with E-state index in [2.05, 4.69) is 16.7 Å². The van der Waals surface area contributed by atoms with Crippen LogP contribution in [0.1, 0.15) is 37.7 Å². The van der Waals surface area contributed by atoms with E-state index in [-0.39, 0.29) is 24.3 Å². The summed E-state index contributed by atoms with van der Waals surface area (Å²) in [5.41, 5.74) is 2.19. The number of benzene rings is 1. The Morgan fingerprint density at radius 3 is 2.61 bits per heavy atom. The Labute approximate surface area is 134 Å². The Bertz CT molecular complexity index is 584. The van der Waals surface area contributed by atoms with Crippen LogP contribution in [0.15, 0.2) is 30.3 Å². The van der Waals surface area contributed by atoms with Crippen molar-refractivity contribution in [2.24, 2.45) is 0 Å². The van der Waals surface area contributed by atoms with E-state index < -0.39 is 5.97 Å². The average molecular weight is 320 g/mol. The number of allylic oxidation sites excluding steroid dienone is 1. The maximum atomic E-state index is 12.9. The Morgan fingerprint density at radius 2 is 2.00 bits per heavy atom. The zero-order valence-corrected chi connectivity index (χ0v) is 12.8. The largest absolute Gasteiger partial charge is 0.481 e.